The lowest BCUT2D eigenvalue weighted by atomic mass is 9.87. The van der Waals surface area contributed by atoms with Gasteiger partial charge in [0, 0.05) is 6.54 Å². The molecule has 1 aliphatic rings. The summed E-state index contributed by atoms with van der Waals surface area (Å²) in [7, 11) is 0. The Morgan fingerprint density at radius 3 is 2.89 bits per heavy atom. The molecule has 1 saturated carbocycles. The van der Waals surface area contributed by atoms with Gasteiger partial charge in [0.25, 0.3) is 0 Å². The van der Waals surface area contributed by atoms with Crippen molar-refractivity contribution in [2.45, 2.75) is 38.7 Å². The largest absolute Gasteiger partial charge is 0.478 e. The second-order valence-electron chi connectivity index (χ2n) is 5.20. The van der Waals surface area contributed by atoms with E-state index in [4.69, 9.17) is 5.11 Å². The molecule has 3 N–H and O–H groups in total. The molecule has 2 atom stereocenters. The van der Waals surface area contributed by atoms with E-state index in [-0.39, 0.29) is 11.7 Å². The molecule has 0 radical (unpaired) electrons. The average Bonchev–Trinajstić information content (AvgIpc) is 2.36. The van der Waals surface area contributed by atoms with Crippen LogP contribution < -0.4 is 5.32 Å². The van der Waals surface area contributed by atoms with Crippen LogP contribution >= 0.6 is 0 Å². The summed E-state index contributed by atoms with van der Waals surface area (Å²) in [5.41, 5.74) is 0.750. The number of pyridine rings is 1. The first kappa shape index (κ1) is 13.8. The number of carbonyl (C=O) groups is 1. The lowest BCUT2D eigenvalue weighted by Crippen LogP contribution is -2.25. The topological polar surface area (TPSA) is 82.5 Å². The van der Waals surface area contributed by atoms with E-state index in [9.17, 15) is 9.90 Å². The average molecular weight is 264 g/mol. The van der Waals surface area contributed by atoms with Gasteiger partial charge in [-0.3, -0.25) is 0 Å². The fourth-order valence-electron chi connectivity index (χ4n) is 2.58. The molecule has 1 aliphatic carbocycles. The minimum Gasteiger partial charge on any atom is -0.478 e. The van der Waals surface area contributed by atoms with Crippen LogP contribution in [-0.4, -0.2) is 33.8 Å². The van der Waals surface area contributed by atoms with Gasteiger partial charge in [0.2, 0.25) is 0 Å². The zero-order valence-corrected chi connectivity index (χ0v) is 11.1. The van der Waals surface area contributed by atoms with Gasteiger partial charge in [-0.2, -0.15) is 0 Å². The Kier molecular flexibility index (Phi) is 4.37. The van der Waals surface area contributed by atoms with Crippen molar-refractivity contribution in [3.8, 4) is 0 Å². The van der Waals surface area contributed by atoms with E-state index in [2.05, 4.69) is 10.3 Å². The van der Waals surface area contributed by atoms with Gasteiger partial charge in [-0.1, -0.05) is 6.42 Å². The molecule has 1 aromatic rings. The third kappa shape index (κ3) is 3.67. The summed E-state index contributed by atoms with van der Waals surface area (Å²) in [5, 5.41) is 21.8. The quantitative estimate of drug-likeness (QED) is 0.775. The van der Waals surface area contributed by atoms with Gasteiger partial charge in [-0.15, -0.1) is 0 Å². The highest BCUT2D eigenvalue weighted by Gasteiger charge is 2.20. The Morgan fingerprint density at radius 2 is 2.26 bits per heavy atom. The van der Waals surface area contributed by atoms with E-state index in [1.807, 2.05) is 0 Å². The first-order valence-electron chi connectivity index (χ1n) is 6.69. The van der Waals surface area contributed by atoms with Gasteiger partial charge in [0.1, 0.15) is 5.82 Å². The van der Waals surface area contributed by atoms with Crippen LogP contribution in [0.2, 0.25) is 0 Å². The minimum absolute atomic E-state index is 0.176. The van der Waals surface area contributed by atoms with E-state index in [1.54, 1.807) is 19.1 Å². The lowest BCUT2D eigenvalue weighted by Gasteiger charge is -2.26. The number of hydrogen-bond donors (Lipinski definition) is 3. The number of carboxylic acids is 1. The third-order valence-corrected chi connectivity index (χ3v) is 3.64. The number of aliphatic hydroxyl groups is 1. The number of aliphatic hydroxyl groups excluding tert-OH is 1. The van der Waals surface area contributed by atoms with Crippen molar-refractivity contribution in [2.75, 3.05) is 11.9 Å². The second kappa shape index (κ2) is 6.02. The number of aromatic carboxylic acids is 1. The summed E-state index contributed by atoms with van der Waals surface area (Å²) in [4.78, 5) is 15.1. The Morgan fingerprint density at radius 1 is 1.47 bits per heavy atom. The SMILES string of the molecule is Cc1nc(NCC2CCCC(O)C2)ccc1C(=O)O. The van der Waals surface area contributed by atoms with Crippen molar-refractivity contribution in [1.82, 2.24) is 4.98 Å². The van der Waals surface area contributed by atoms with Crippen molar-refractivity contribution in [3.63, 3.8) is 0 Å². The number of aryl methyl sites for hydroxylation is 1. The predicted octanol–water partition coefficient (Wildman–Crippen LogP) is 2.05. The molecule has 2 rings (SSSR count). The summed E-state index contributed by atoms with van der Waals surface area (Å²) >= 11 is 0. The first-order chi connectivity index (χ1) is 9.06. The van der Waals surface area contributed by atoms with Crippen LogP contribution in [0.4, 0.5) is 5.82 Å². The summed E-state index contributed by atoms with van der Waals surface area (Å²) in [6.07, 6.45) is 3.75. The van der Waals surface area contributed by atoms with E-state index in [0.717, 1.165) is 32.2 Å². The van der Waals surface area contributed by atoms with Crippen LogP contribution in [0.1, 0.15) is 41.7 Å². The molecule has 2 unspecified atom stereocenters. The molecule has 104 valence electrons. The van der Waals surface area contributed by atoms with Gasteiger partial charge >= 0.3 is 5.97 Å². The highest BCUT2D eigenvalue weighted by atomic mass is 16.4. The fraction of sp³-hybridized carbons (Fsp3) is 0.571. The summed E-state index contributed by atoms with van der Waals surface area (Å²) in [5.74, 6) is 0.208. The normalized spacial score (nSPS) is 23.1. The molecule has 0 aliphatic heterocycles. The van der Waals surface area contributed by atoms with Crippen LogP contribution in [-0.2, 0) is 0 Å². The molecule has 5 nitrogen and oxygen atoms in total. The fourth-order valence-corrected chi connectivity index (χ4v) is 2.58. The zero-order chi connectivity index (χ0) is 13.8. The maximum absolute atomic E-state index is 10.9. The Hall–Kier alpha value is -1.62. The Balaban J connectivity index is 1.92. The second-order valence-corrected chi connectivity index (χ2v) is 5.20. The van der Waals surface area contributed by atoms with Gasteiger partial charge in [0.05, 0.1) is 17.4 Å². The lowest BCUT2D eigenvalue weighted by molar-refractivity contribution is 0.0695. The Bertz CT molecular complexity index is 462. The zero-order valence-electron chi connectivity index (χ0n) is 11.1. The first-order valence-corrected chi connectivity index (χ1v) is 6.69. The Labute approximate surface area is 112 Å². The molecule has 0 aromatic carbocycles. The third-order valence-electron chi connectivity index (χ3n) is 3.64. The monoisotopic (exact) mass is 264 g/mol. The number of anilines is 1. The van der Waals surface area contributed by atoms with Crippen LogP contribution in [0.15, 0.2) is 12.1 Å². The van der Waals surface area contributed by atoms with Crippen LogP contribution in [0.25, 0.3) is 0 Å². The van der Waals surface area contributed by atoms with Crippen molar-refractivity contribution in [1.29, 1.82) is 0 Å². The van der Waals surface area contributed by atoms with E-state index in [1.165, 1.54) is 0 Å². The highest BCUT2D eigenvalue weighted by Crippen LogP contribution is 2.24. The molecule has 19 heavy (non-hydrogen) atoms. The maximum Gasteiger partial charge on any atom is 0.337 e. The number of hydrogen-bond acceptors (Lipinski definition) is 4. The standard InChI is InChI=1S/C14H20N2O3/c1-9-12(14(18)19)5-6-13(16-9)15-8-10-3-2-4-11(17)7-10/h5-6,10-11,17H,2-4,7-8H2,1H3,(H,15,16)(H,18,19). The van der Waals surface area contributed by atoms with Crippen molar-refractivity contribution >= 4 is 11.8 Å². The van der Waals surface area contributed by atoms with E-state index in [0.29, 0.717) is 17.4 Å². The van der Waals surface area contributed by atoms with E-state index < -0.39 is 5.97 Å². The molecule has 1 aromatic heterocycles. The number of nitrogens with zero attached hydrogens (tertiary/aromatic N) is 1. The molecule has 5 heteroatoms. The van der Waals surface area contributed by atoms with Gasteiger partial charge < -0.3 is 15.5 Å². The van der Waals surface area contributed by atoms with Gasteiger partial charge in [-0.05, 0) is 44.2 Å². The number of nitrogens with one attached hydrogen (secondary N) is 1. The maximum atomic E-state index is 10.9. The summed E-state index contributed by atoms with van der Waals surface area (Å²) in [6, 6.07) is 3.26. The van der Waals surface area contributed by atoms with Crippen molar-refractivity contribution in [2.24, 2.45) is 5.92 Å². The molecule has 0 bridgehead atoms. The van der Waals surface area contributed by atoms with Gasteiger partial charge in [0.15, 0.2) is 0 Å². The molecule has 1 fully saturated rings. The summed E-state index contributed by atoms with van der Waals surface area (Å²) in [6.45, 7) is 2.47. The minimum atomic E-state index is -0.952. The molecular formula is C14H20N2O3. The van der Waals surface area contributed by atoms with Crippen LogP contribution in [0, 0.1) is 12.8 Å². The predicted molar refractivity (Wildman–Crippen MR) is 72.4 cm³/mol. The van der Waals surface area contributed by atoms with Crippen molar-refractivity contribution in [3.05, 3.63) is 23.4 Å². The molecule has 0 saturated heterocycles. The molecule has 1 heterocycles. The van der Waals surface area contributed by atoms with Crippen LogP contribution in [0.5, 0.6) is 0 Å². The number of aromatic nitrogens is 1. The molecule has 0 amide bonds. The molecule has 0 spiro atoms. The van der Waals surface area contributed by atoms with E-state index >= 15 is 0 Å². The smallest absolute Gasteiger partial charge is 0.337 e. The molecular weight excluding hydrogens is 244 g/mol. The highest BCUT2D eigenvalue weighted by molar-refractivity contribution is 5.89. The van der Waals surface area contributed by atoms with Gasteiger partial charge in [-0.25, -0.2) is 9.78 Å². The number of carboxylic acid groups (broad SMARTS) is 1. The summed E-state index contributed by atoms with van der Waals surface area (Å²) < 4.78 is 0. The number of rotatable bonds is 4. The van der Waals surface area contributed by atoms with Crippen LogP contribution in [0.3, 0.4) is 0 Å². The van der Waals surface area contributed by atoms with Crippen molar-refractivity contribution < 1.29 is 15.0 Å².